The molecule has 1 heterocycles. The summed E-state index contributed by atoms with van der Waals surface area (Å²) in [6.45, 7) is 9.02. The molecule has 0 saturated carbocycles. The Hall–Kier alpha value is -1.02. The SMILES string of the molecule is Cc1cccc(C)c1OCCCCCN1CCCCC1. The second-order valence-electron chi connectivity index (χ2n) is 6.03. The van der Waals surface area contributed by atoms with Gasteiger partial charge in [-0.25, -0.2) is 0 Å². The van der Waals surface area contributed by atoms with Gasteiger partial charge < -0.3 is 9.64 Å². The predicted octanol–water partition coefficient (Wildman–Crippen LogP) is 4.34. The van der Waals surface area contributed by atoms with Crippen LogP contribution in [0.1, 0.15) is 49.7 Å². The number of hydrogen-bond donors (Lipinski definition) is 0. The molecule has 112 valence electrons. The van der Waals surface area contributed by atoms with Gasteiger partial charge >= 0.3 is 0 Å². The highest BCUT2D eigenvalue weighted by Gasteiger charge is 2.08. The van der Waals surface area contributed by atoms with E-state index in [2.05, 4.69) is 36.9 Å². The van der Waals surface area contributed by atoms with Crippen LogP contribution in [-0.4, -0.2) is 31.1 Å². The molecule has 2 rings (SSSR count). The van der Waals surface area contributed by atoms with Crippen LogP contribution in [0.3, 0.4) is 0 Å². The molecule has 1 fully saturated rings. The van der Waals surface area contributed by atoms with Crippen LogP contribution in [0.25, 0.3) is 0 Å². The molecule has 0 spiro atoms. The average molecular weight is 275 g/mol. The maximum Gasteiger partial charge on any atom is 0.125 e. The summed E-state index contributed by atoms with van der Waals surface area (Å²) in [6.07, 6.45) is 7.99. The van der Waals surface area contributed by atoms with Gasteiger partial charge in [0.05, 0.1) is 6.61 Å². The molecule has 2 nitrogen and oxygen atoms in total. The van der Waals surface area contributed by atoms with Crippen LogP contribution in [0.15, 0.2) is 18.2 Å². The van der Waals surface area contributed by atoms with Crippen molar-refractivity contribution in [2.24, 2.45) is 0 Å². The third kappa shape index (κ3) is 4.82. The smallest absolute Gasteiger partial charge is 0.125 e. The molecule has 0 N–H and O–H groups in total. The average Bonchev–Trinajstić information content (AvgIpc) is 2.46. The third-order valence-electron chi connectivity index (χ3n) is 4.22. The summed E-state index contributed by atoms with van der Waals surface area (Å²) >= 11 is 0. The molecule has 0 amide bonds. The molecule has 1 aromatic rings. The first-order valence-corrected chi connectivity index (χ1v) is 8.19. The largest absolute Gasteiger partial charge is 0.493 e. The zero-order valence-corrected chi connectivity index (χ0v) is 13.2. The van der Waals surface area contributed by atoms with Gasteiger partial charge in [-0.15, -0.1) is 0 Å². The van der Waals surface area contributed by atoms with E-state index in [1.54, 1.807) is 0 Å². The first kappa shape index (κ1) is 15.4. The number of aryl methyl sites for hydroxylation is 2. The van der Waals surface area contributed by atoms with Crippen LogP contribution in [0.4, 0.5) is 0 Å². The van der Waals surface area contributed by atoms with Crippen molar-refractivity contribution in [3.8, 4) is 5.75 Å². The van der Waals surface area contributed by atoms with Gasteiger partial charge in [-0.3, -0.25) is 0 Å². The molecule has 0 unspecified atom stereocenters. The first-order valence-electron chi connectivity index (χ1n) is 8.19. The minimum atomic E-state index is 0.853. The van der Waals surface area contributed by atoms with Crippen molar-refractivity contribution in [1.29, 1.82) is 0 Å². The molecule has 1 aliphatic heterocycles. The number of piperidine rings is 1. The number of ether oxygens (including phenoxy) is 1. The van der Waals surface area contributed by atoms with E-state index in [9.17, 15) is 0 Å². The maximum atomic E-state index is 5.95. The topological polar surface area (TPSA) is 12.5 Å². The number of hydrogen-bond acceptors (Lipinski definition) is 2. The molecule has 0 aliphatic carbocycles. The lowest BCUT2D eigenvalue weighted by Gasteiger charge is -2.26. The van der Waals surface area contributed by atoms with E-state index in [4.69, 9.17) is 4.74 Å². The zero-order chi connectivity index (χ0) is 14.2. The van der Waals surface area contributed by atoms with Crippen LogP contribution in [0, 0.1) is 13.8 Å². The summed E-state index contributed by atoms with van der Waals surface area (Å²) in [6, 6.07) is 6.34. The van der Waals surface area contributed by atoms with Crippen molar-refractivity contribution in [2.45, 2.75) is 52.4 Å². The van der Waals surface area contributed by atoms with Gasteiger partial charge in [-0.2, -0.15) is 0 Å². The number of benzene rings is 1. The second-order valence-corrected chi connectivity index (χ2v) is 6.03. The Balaban J connectivity index is 1.57. The summed E-state index contributed by atoms with van der Waals surface area (Å²) in [7, 11) is 0. The van der Waals surface area contributed by atoms with Gasteiger partial charge in [-0.1, -0.05) is 24.6 Å². The number of rotatable bonds is 7. The fourth-order valence-electron chi connectivity index (χ4n) is 3.00. The quantitative estimate of drug-likeness (QED) is 0.686. The highest BCUT2D eigenvalue weighted by molar-refractivity contribution is 5.39. The van der Waals surface area contributed by atoms with E-state index < -0.39 is 0 Å². The predicted molar refractivity (Wildman–Crippen MR) is 85.6 cm³/mol. The number of para-hydroxylation sites is 1. The van der Waals surface area contributed by atoms with Crippen molar-refractivity contribution in [1.82, 2.24) is 4.90 Å². The summed E-state index contributed by atoms with van der Waals surface area (Å²) in [4.78, 5) is 2.62. The zero-order valence-electron chi connectivity index (χ0n) is 13.2. The third-order valence-corrected chi connectivity index (χ3v) is 4.22. The van der Waals surface area contributed by atoms with Crippen LogP contribution in [0.2, 0.25) is 0 Å². The lowest BCUT2D eigenvalue weighted by molar-refractivity contribution is 0.220. The Morgan fingerprint density at radius 1 is 0.950 bits per heavy atom. The summed E-state index contributed by atoms with van der Waals surface area (Å²) in [5.41, 5.74) is 2.50. The molecule has 0 atom stereocenters. The van der Waals surface area contributed by atoms with E-state index in [0.717, 1.165) is 12.4 Å². The molecular weight excluding hydrogens is 246 g/mol. The molecule has 1 aromatic carbocycles. The summed E-state index contributed by atoms with van der Waals surface area (Å²) < 4.78 is 5.95. The van der Waals surface area contributed by atoms with E-state index in [-0.39, 0.29) is 0 Å². The van der Waals surface area contributed by atoms with Crippen molar-refractivity contribution in [2.75, 3.05) is 26.2 Å². The van der Waals surface area contributed by atoms with Crippen LogP contribution in [-0.2, 0) is 0 Å². The Labute approximate surface area is 124 Å². The van der Waals surface area contributed by atoms with Gasteiger partial charge in [0, 0.05) is 0 Å². The minimum absolute atomic E-state index is 0.853. The van der Waals surface area contributed by atoms with Gasteiger partial charge in [0.2, 0.25) is 0 Å². The van der Waals surface area contributed by atoms with Crippen molar-refractivity contribution in [3.05, 3.63) is 29.3 Å². The lowest BCUT2D eigenvalue weighted by atomic mass is 10.1. The van der Waals surface area contributed by atoms with Gasteiger partial charge in [0.25, 0.3) is 0 Å². The van der Waals surface area contributed by atoms with E-state index in [1.807, 2.05) is 0 Å². The van der Waals surface area contributed by atoms with Crippen LogP contribution < -0.4 is 4.74 Å². The molecule has 1 saturated heterocycles. The van der Waals surface area contributed by atoms with Crippen LogP contribution >= 0.6 is 0 Å². The Bertz CT molecular complexity index is 376. The van der Waals surface area contributed by atoms with Crippen molar-refractivity contribution < 1.29 is 4.74 Å². The summed E-state index contributed by atoms with van der Waals surface area (Å²) in [5.74, 6) is 1.09. The second kappa shape index (κ2) is 8.31. The van der Waals surface area contributed by atoms with Crippen molar-refractivity contribution in [3.63, 3.8) is 0 Å². The molecule has 0 radical (unpaired) electrons. The maximum absolute atomic E-state index is 5.95. The molecule has 1 aliphatic rings. The van der Waals surface area contributed by atoms with E-state index in [0.29, 0.717) is 0 Å². The van der Waals surface area contributed by atoms with Crippen LogP contribution in [0.5, 0.6) is 5.75 Å². The molecule has 0 aromatic heterocycles. The highest BCUT2D eigenvalue weighted by atomic mass is 16.5. The lowest BCUT2D eigenvalue weighted by Crippen LogP contribution is -2.30. The molecular formula is C18H29NO. The standard InChI is InChI=1S/C18H29NO/c1-16-10-9-11-17(2)18(16)20-15-8-4-7-14-19-12-5-3-6-13-19/h9-11H,3-8,12-15H2,1-2H3. The van der Waals surface area contributed by atoms with Gasteiger partial charge in [-0.05, 0) is 76.7 Å². The van der Waals surface area contributed by atoms with E-state index >= 15 is 0 Å². The number of unbranched alkanes of at least 4 members (excludes halogenated alkanes) is 2. The fourth-order valence-corrected chi connectivity index (χ4v) is 3.00. The van der Waals surface area contributed by atoms with Gasteiger partial charge in [0.15, 0.2) is 0 Å². The molecule has 2 heteroatoms. The molecule has 0 bridgehead atoms. The van der Waals surface area contributed by atoms with Crippen molar-refractivity contribution >= 4 is 0 Å². The first-order chi connectivity index (χ1) is 9.77. The number of nitrogens with zero attached hydrogens (tertiary/aromatic N) is 1. The monoisotopic (exact) mass is 275 g/mol. The number of likely N-dealkylation sites (tertiary alicyclic amines) is 1. The Kier molecular flexibility index (Phi) is 6.38. The Morgan fingerprint density at radius 3 is 2.35 bits per heavy atom. The normalized spacial score (nSPS) is 16.3. The van der Waals surface area contributed by atoms with E-state index in [1.165, 1.54) is 69.3 Å². The van der Waals surface area contributed by atoms with Gasteiger partial charge in [0.1, 0.15) is 5.75 Å². The minimum Gasteiger partial charge on any atom is -0.493 e. The fraction of sp³-hybridized carbons (Fsp3) is 0.667. The molecule has 20 heavy (non-hydrogen) atoms. The summed E-state index contributed by atoms with van der Waals surface area (Å²) in [5, 5.41) is 0. The Morgan fingerprint density at radius 2 is 1.65 bits per heavy atom. The highest BCUT2D eigenvalue weighted by Crippen LogP contribution is 2.22.